The second-order valence-corrected chi connectivity index (χ2v) is 6.90. The van der Waals surface area contributed by atoms with Crippen LogP contribution in [-0.4, -0.2) is 16.5 Å². The molecule has 28 heavy (non-hydrogen) atoms. The van der Waals surface area contributed by atoms with Gasteiger partial charge < -0.3 is 10.7 Å². The molecule has 0 saturated heterocycles. The number of halogens is 3. The summed E-state index contributed by atoms with van der Waals surface area (Å²) in [6.07, 6.45) is -0.315. The van der Waals surface area contributed by atoms with Gasteiger partial charge in [-0.05, 0) is 61.7 Å². The van der Waals surface area contributed by atoms with Crippen molar-refractivity contribution in [3.63, 3.8) is 0 Å². The first-order valence-corrected chi connectivity index (χ1v) is 9.24. The van der Waals surface area contributed by atoms with Crippen LogP contribution in [0, 0.1) is 0 Å². The summed E-state index contributed by atoms with van der Waals surface area (Å²) in [4.78, 5) is 7.81. The summed E-state index contributed by atoms with van der Waals surface area (Å²) in [5.41, 5.74) is 9.12. The van der Waals surface area contributed by atoms with Crippen LogP contribution < -0.4 is 5.73 Å². The van der Waals surface area contributed by atoms with Crippen molar-refractivity contribution in [1.29, 1.82) is 0 Å². The molecule has 3 nitrogen and oxygen atoms in total. The Balaban J connectivity index is 1.88. The maximum atomic E-state index is 13.2. The van der Waals surface area contributed by atoms with Crippen LogP contribution in [0.4, 0.5) is 13.2 Å². The van der Waals surface area contributed by atoms with E-state index in [4.69, 9.17) is 5.73 Å². The van der Waals surface area contributed by atoms with E-state index in [9.17, 15) is 13.2 Å². The molecule has 0 radical (unpaired) electrons. The summed E-state index contributed by atoms with van der Waals surface area (Å²) >= 11 is 0. The number of rotatable bonds is 5. The summed E-state index contributed by atoms with van der Waals surface area (Å²) in [6, 6.07) is 13.7. The lowest BCUT2D eigenvalue weighted by Gasteiger charge is -2.08. The lowest BCUT2D eigenvalue weighted by molar-refractivity contribution is -0.137. The van der Waals surface area contributed by atoms with Crippen molar-refractivity contribution in [2.75, 3.05) is 6.54 Å². The molecule has 0 aliphatic rings. The number of nitrogens with one attached hydrogen (secondary N) is 1. The third kappa shape index (κ3) is 3.47. The number of H-pyrrole nitrogens is 1. The average molecular weight is 383 g/mol. The van der Waals surface area contributed by atoms with E-state index in [0.717, 1.165) is 46.6 Å². The summed E-state index contributed by atoms with van der Waals surface area (Å²) in [5.74, 6) is 0. The van der Waals surface area contributed by atoms with Crippen LogP contribution in [0.15, 0.2) is 54.7 Å². The number of alkyl halides is 3. The first-order chi connectivity index (χ1) is 13.5. The van der Waals surface area contributed by atoms with Gasteiger partial charge in [-0.25, -0.2) is 0 Å². The summed E-state index contributed by atoms with van der Waals surface area (Å²) in [6.45, 7) is 0.559. The average Bonchev–Trinajstić information content (AvgIpc) is 3.05. The highest BCUT2D eigenvalue weighted by molar-refractivity contribution is 5.93. The van der Waals surface area contributed by atoms with E-state index in [1.807, 2.05) is 30.3 Å². The zero-order chi connectivity index (χ0) is 19.7. The number of unbranched alkanes of at least 4 members (excludes halogenated alkanes) is 1. The molecule has 2 aromatic carbocycles. The lowest BCUT2D eigenvalue weighted by Crippen LogP contribution is -2.04. The second-order valence-electron chi connectivity index (χ2n) is 6.90. The van der Waals surface area contributed by atoms with Crippen molar-refractivity contribution in [2.45, 2.75) is 25.4 Å². The first-order valence-electron chi connectivity index (χ1n) is 9.24. The fraction of sp³-hybridized carbons (Fsp3) is 0.227. The number of nitrogens with zero attached hydrogens (tertiary/aromatic N) is 1. The van der Waals surface area contributed by atoms with E-state index in [1.54, 1.807) is 6.20 Å². The Kier molecular flexibility index (Phi) is 4.81. The van der Waals surface area contributed by atoms with E-state index in [2.05, 4.69) is 9.97 Å². The van der Waals surface area contributed by atoms with Gasteiger partial charge in [-0.15, -0.1) is 0 Å². The molecule has 0 fully saturated rings. The van der Waals surface area contributed by atoms with Gasteiger partial charge in [0.2, 0.25) is 0 Å². The van der Waals surface area contributed by atoms with Crippen LogP contribution in [-0.2, 0) is 12.6 Å². The standard InChI is InChI=1S/C22H20F3N3/c23-22(24,25)16-8-9-20-18(12-16)17(6-3-4-10-26)21(28-20)15-11-14-5-1-2-7-19(14)27-13-15/h1-2,5,7-9,11-13,28H,3-4,6,10,26H2. The smallest absolute Gasteiger partial charge is 0.354 e. The van der Waals surface area contributed by atoms with E-state index in [-0.39, 0.29) is 0 Å². The molecule has 2 aromatic heterocycles. The molecule has 0 bridgehead atoms. The summed E-state index contributed by atoms with van der Waals surface area (Å²) < 4.78 is 39.7. The number of aromatic nitrogens is 2. The summed E-state index contributed by atoms with van der Waals surface area (Å²) in [7, 11) is 0. The van der Waals surface area contributed by atoms with Crippen molar-refractivity contribution >= 4 is 21.8 Å². The minimum atomic E-state index is -4.37. The number of hydrogen-bond acceptors (Lipinski definition) is 2. The largest absolute Gasteiger partial charge is 0.416 e. The molecule has 4 aromatic rings. The molecular formula is C22H20F3N3. The Labute approximate surface area is 160 Å². The topological polar surface area (TPSA) is 54.7 Å². The molecular weight excluding hydrogens is 363 g/mol. The maximum Gasteiger partial charge on any atom is 0.416 e. The molecule has 2 heterocycles. The zero-order valence-corrected chi connectivity index (χ0v) is 15.2. The molecule has 0 atom stereocenters. The van der Waals surface area contributed by atoms with E-state index in [1.165, 1.54) is 12.1 Å². The van der Waals surface area contributed by atoms with Gasteiger partial charge >= 0.3 is 6.18 Å². The maximum absolute atomic E-state index is 13.2. The fourth-order valence-electron chi connectivity index (χ4n) is 3.58. The third-order valence-electron chi connectivity index (χ3n) is 4.99. The van der Waals surface area contributed by atoms with Crippen LogP contribution in [0.5, 0.6) is 0 Å². The van der Waals surface area contributed by atoms with E-state index in [0.29, 0.717) is 23.9 Å². The number of fused-ring (bicyclic) bond motifs is 2. The Hall–Kier alpha value is -2.86. The monoisotopic (exact) mass is 383 g/mol. The minimum absolute atomic E-state index is 0.559. The lowest BCUT2D eigenvalue weighted by atomic mass is 9.99. The number of para-hydroxylation sites is 1. The van der Waals surface area contributed by atoms with Crippen molar-refractivity contribution in [2.24, 2.45) is 5.73 Å². The number of benzene rings is 2. The van der Waals surface area contributed by atoms with Crippen molar-refractivity contribution in [3.05, 3.63) is 65.9 Å². The first kappa shape index (κ1) is 18.5. The highest BCUT2D eigenvalue weighted by Gasteiger charge is 2.31. The van der Waals surface area contributed by atoms with Crippen LogP contribution in [0.2, 0.25) is 0 Å². The van der Waals surface area contributed by atoms with Crippen LogP contribution >= 0.6 is 0 Å². The molecule has 0 aliphatic heterocycles. The third-order valence-corrected chi connectivity index (χ3v) is 4.99. The van der Waals surface area contributed by atoms with Crippen molar-refractivity contribution < 1.29 is 13.2 Å². The number of pyridine rings is 1. The van der Waals surface area contributed by atoms with Gasteiger partial charge in [0.1, 0.15) is 0 Å². The second kappa shape index (κ2) is 7.28. The van der Waals surface area contributed by atoms with Crippen LogP contribution in [0.25, 0.3) is 33.1 Å². The number of aryl methyl sites for hydroxylation is 1. The molecule has 0 saturated carbocycles. The van der Waals surface area contributed by atoms with Gasteiger partial charge in [0.05, 0.1) is 16.8 Å². The van der Waals surface area contributed by atoms with E-state index < -0.39 is 11.7 Å². The Bertz CT molecular complexity index is 1130. The van der Waals surface area contributed by atoms with Gasteiger partial charge in [0.15, 0.2) is 0 Å². The van der Waals surface area contributed by atoms with Crippen molar-refractivity contribution in [3.8, 4) is 11.3 Å². The van der Waals surface area contributed by atoms with Crippen molar-refractivity contribution in [1.82, 2.24) is 9.97 Å². The van der Waals surface area contributed by atoms with Gasteiger partial charge in [-0.3, -0.25) is 4.98 Å². The molecule has 4 rings (SSSR count). The molecule has 6 heteroatoms. The number of hydrogen-bond donors (Lipinski definition) is 2. The minimum Gasteiger partial charge on any atom is -0.354 e. The Morgan fingerprint density at radius 2 is 1.82 bits per heavy atom. The molecule has 0 amide bonds. The van der Waals surface area contributed by atoms with Crippen LogP contribution in [0.1, 0.15) is 24.0 Å². The zero-order valence-electron chi connectivity index (χ0n) is 15.2. The Morgan fingerprint density at radius 1 is 1.00 bits per heavy atom. The fourth-order valence-corrected chi connectivity index (χ4v) is 3.58. The SMILES string of the molecule is NCCCCc1c(-c2cnc3ccccc3c2)[nH]c2ccc(C(F)(F)F)cc12. The molecule has 3 N–H and O–H groups in total. The number of aromatic amines is 1. The summed E-state index contributed by atoms with van der Waals surface area (Å²) in [5, 5.41) is 1.59. The highest BCUT2D eigenvalue weighted by Crippen LogP contribution is 2.36. The molecule has 0 aliphatic carbocycles. The van der Waals surface area contributed by atoms with Crippen LogP contribution in [0.3, 0.4) is 0 Å². The predicted molar refractivity (Wildman–Crippen MR) is 106 cm³/mol. The predicted octanol–water partition coefficient (Wildman–Crippen LogP) is 5.68. The van der Waals surface area contributed by atoms with Gasteiger partial charge in [0, 0.05) is 28.0 Å². The van der Waals surface area contributed by atoms with Gasteiger partial charge in [-0.2, -0.15) is 13.2 Å². The van der Waals surface area contributed by atoms with Gasteiger partial charge in [-0.1, -0.05) is 18.2 Å². The molecule has 0 spiro atoms. The quantitative estimate of drug-likeness (QED) is 0.436. The highest BCUT2D eigenvalue weighted by atomic mass is 19.4. The molecule has 0 unspecified atom stereocenters. The Morgan fingerprint density at radius 3 is 2.61 bits per heavy atom. The van der Waals surface area contributed by atoms with E-state index >= 15 is 0 Å². The van der Waals surface area contributed by atoms with Gasteiger partial charge in [0.25, 0.3) is 0 Å². The molecule has 144 valence electrons. The normalized spacial score (nSPS) is 12.1. The number of nitrogens with two attached hydrogens (primary N) is 1.